The zero-order chi connectivity index (χ0) is 12.1. The summed E-state index contributed by atoms with van der Waals surface area (Å²) in [5.41, 5.74) is 6.95. The number of nitrogens with two attached hydrogens (primary N) is 1. The minimum Gasteiger partial charge on any atom is -0.397 e. The van der Waals surface area contributed by atoms with Crippen LogP contribution in [-0.2, 0) is 0 Å². The number of hydrogen-bond donors (Lipinski definition) is 2. The number of nitrogen functional groups attached to an aromatic ring is 1. The molecule has 0 saturated heterocycles. The first-order valence-electron chi connectivity index (χ1n) is 5.38. The molecule has 0 bridgehead atoms. The van der Waals surface area contributed by atoms with Crippen molar-refractivity contribution in [1.29, 1.82) is 0 Å². The van der Waals surface area contributed by atoms with Crippen molar-refractivity contribution in [3.63, 3.8) is 0 Å². The fourth-order valence-corrected chi connectivity index (χ4v) is 1.51. The van der Waals surface area contributed by atoms with E-state index in [0.717, 1.165) is 18.5 Å². The molecule has 0 heterocycles. The second-order valence-corrected chi connectivity index (χ2v) is 3.69. The molecule has 88 valence electrons. The van der Waals surface area contributed by atoms with E-state index in [1.54, 1.807) is 6.07 Å². The summed E-state index contributed by atoms with van der Waals surface area (Å²) in [7, 11) is 0. The van der Waals surface area contributed by atoms with Crippen LogP contribution in [0.15, 0.2) is 18.2 Å². The van der Waals surface area contributed by atoms with E-state index < -0.39 is 4.92 Å². The predicted octanol–water partition coefficient (Wildman–Crippen LogP) is 2.78. The van der Waals surface area contributed by atoms with Gasteiger partial charge in [-0.2, -0.15) is 0 Å². The van der Waals surface area contributed by atoms with Crippen molar-refractivity contribution in [2.24, 2.45) is 0 Å². The first-order chi connectivity index (χ1) is 7.58. The zero-order valence-corrected chi connectivity index (χ0v) is 9.56. The fourth-order valence-electron chi connectivity index (χ4n) is 1.51. The summed E-state index contributed by atoms with van der Waals surface area (Å²) in [6, 6.07) is 4.85. The van der Waals surface area contributed by atoms with E-state index >= 15 is 0 Å². The zero-order valence-electron chi connectivity index (χ0n) is 9.56. The van der Waals surface area contributed by atoms with Gasteiger partial charge in [-0.25, -0.2) is 0 Å². The quantitative estimate of drug-likeness (QED) is 0.457. The van der Waals surface area contributed by atoms with Gasteiger partial charge in [0.15, 0.2) is 0 Å². The van der Waals surface area contributed by atoms with Crippen molar-refractivity contribution in [3.05, 3.63) is 28.3 Å². The highest BCUT2D eigenvalue weighted by Gasteiger charge is 2.10. The molecule has 0 aromatic heterocycles. The van der Waals surface area contributed by atoms with E-state index in [1.165, 1.54) is 12.1 Å². The topological polar surface area (TPSA) is 81.2 Å². The largest absolute Gasteiger partial charge is 0.397 e. The van der Waals surface area contributed by atoms with Gasteiger partial charge in [0.1, 0.15) is 0 Å². The lowest BCUT2D eigenvalue weighted by molar-refractivity contribution is -0.384. The van der Waals surface area contributed by atoms with Gasteiger partial charge in [-0.05, 0) is 18.9 Å². The number of nitro groups is 1. The lowest BCUT2D eigenvalue weighted by atomic mass is 10.1. The molecule has 0 aliphatic rings. The number of nitrogens with one attached hydrogen (secondary N) is 1. The molecular weight excluding hydrogens is 206 g/mol. The lowest BCUT2D eigenvalue weighted by Gasteiger charge is -2.17. The van der Waals surface area contributed by atoms with Crippen LogP contribution in [-0.4, -0.2) is 11.0 Å². The van der Waals surface area contributed by atoms with Crippen LogP contribution >= 0.6 is 0 Å². The highest BCUT2D eigenvalue weighted by molar-refractivity contribution is 5.69. The first kappa shape index (κ1) is 12.3. The number of rotatable bonds is 5. The lowest BCUT2D eigenvalue weighted by Crippen LogP contribution is -2.17. The molecule has 16 heavy (non-hydrogen) atoms. The summed E-state index contributed by atoms with van der Waals surface area (Å²) < 4.78 is 0. The monoisotopic (exact) mass is 223 g/mol. The van der Waals surface area contributed by atoms with Crippen LogP contribution in [0.5, 0.6) is 0 Å². The van der Waals surface area contributed by atoms with E-state index in [2.05, 4.69) is 19.2 Å². The summed E-state index contributed by atoms with van der Waals surface area (Å²) >= 11 is 0. The third-order valence-electron chi connectivity index (χ3n) is 2.59. The maximum absolute atomic E-state index is 10.5. The molecule has 0 aliphatic carbocycles. The van der Waals surface area contributed by atoms with E-state index in [-0.39, 0.29) is 5.69 Å². The molecule has 1 aromatic carbocycles. The summed E-state index contributed by atoms with van der Waals surface area (Å²) in [5.74, 6) is 0. The summed E-state index contributed by atoms with van der Waals surface area (Å²) in [6.07, 6.45) is 1.99. The van der Waals surface area contributed by atoms with Crippen LogP contribution in [0.25, 0.3) is 0 Å². The molecule has 0 aliphatic heterocycles. The van der Waals surface area contributed by atoms with Crippen molar-refractivity contribution in [1.82, 2.24) is 0 Å². The summed E-state index contributed by atoms with van der Waals surface area (Å²) in [4.78, 5) is 10.1. The van der Waals surface area contributed by atoms with E-state index in [1.807, 2.05) is 0 Å². The Morgan fingerprint density at radius 2 is 2.06 bits per heavy atom. The Labute approximate surface area is 94.8 Å². The maximum Gasteiger partial charge on any atom is 0.271 e. The predicted molar refractivity (Wildman–Crippen MR) is 65.5 cm³/mol. The molecule has 0 spiro atoms. The maximum atomic E-state index is 10.5. The van der Waals surface area contributed by atoms with E-state index in [0.29, 0.717) is 11.7 Å². The van der Waals surface area contributed by atoms with Gasteiger partial charge in [0.05, 0.1) is 16.3 Å². The van der Waals surface area contributed by atoms with Gasteiger partial charge in [0, 0.05) is 18.2 Å². The van der Waals surface area contributed by atoms with Crippen molar-refractivity contribution < 1.29 is 4.92 Å². The second kappa shape index (κ2) is 5.34. The molecule has 0 atom stereocenters. The normalized spacial score (nSPS) is 10.4. The van der Waals surface area contributed by atoms with E-state index in [9.17, 15) is 10.1 Å². The van der Waals surface area contributed by atoms with Gasteiger partial charge >= 0.3 is 0 Å². The third kappa shape index (κ3) is 2.85. The highest BCUT2D eigenvalue weighted by Crippen LogP contribution is 2.25. The molecule has 5 nitrogen and oxygen atoms in total. The second-order valence-electron chi connectivity index (χ2n) is 3.69. The molecule has 0 saturated carbocycles. The van der Waals surface area contributed by atoms with Crippen LogP contribution in [0.3, 0.4) is 0 Å². The Morgan fingerprint density at radius 1 is 1.44 bits per heavy atom. The molecule has 1 rings (SSSR count). The van der Waals surface area contributed by atoms with Crippen LogP contribution in [0.4, 0.5) is 17.1 Å². The Hall–Kier alpha value is -1.78. The van der Waals surface area contributed by atoms with Crippen LogP contribution < -0.4 is 11.1 Å². The number of nitrogens with zero attached hydrogens (tertiary/aromatic N) is 1. The Bertz CT molecular complexity index is 375. The third-order valence-corrected chi connectivity index (χ3v) is 2.59. The summed E-state index contributed by atoms with van der Waals surface area (Å²) in [5, 5.41) is 13.8. The van der Waals surface area contributed by atoms with Gasteiger partial charge in [-0.3, -0.25) is 10.1 Å². The van der Waals surface area contributed by atoms with Gasteiger partial charge in [-0.15, -0.1) is 0 Å². The molecule has 1 aromatic rings. The Balaban J connectivity index is 2.86. The first-order valence-corrected chi connectivity index (χ1v) is 5.38. The minimum atomic E-state index is -0.447. The molecule has 0 amide bonds. The van der Waals surface area contributed by atoms with Gasteiger partial charge < -0.3 is 11.1 Å². The van der Waals surface area contributed by atoms with Gasteiger partial charge in [-0.1, -0.05) is 13.8 Å². The van der Waals surface area contributed by atoms with Crippen LogP contribution in [0, 0.1) is 10.1 Å². The Kier molecular flexibility index (Phi) is 4.10. The highest BCUT2D eigenvalue weighted by atomic mass is 16.6. The number of non-ortho nitro benzene ring substituents is 1. The van der Waals surface area contributed by atoms with E-state index in [4.69, 9.17) is 5.73 Å². The smallest absolute Gasteiger partial charge is 0.271 e. The SMILES string of the molecule is CCC(CC)Nc1ccc([N+](=O)[O-])cc1N. The average molecular weight is 223 g/mol. The van der Waals surface area contributed by atoms with Crippen LogP contribution in [0.1, 0.15) is 26.7 Å². The molecular formula is C11H17N3O2. The van der Waals surface area contributed by atoms with Crippen molar-refractivity contribution in [2.45, 2.75) is 32.7 Å². The van der Waals surface area contributed by atoms with Crippen molar-refractivity contribution >= 4 is 17.1 Å². The molecule has 0 radical (unpaired) electrons. The molecule has 3 N–H and O–H groups in total. The van der Waals surface area contributed by atoms with Gasteiger partial charge in [0.25, 0.3) is 5.69 Å². The molecule has 0 unspecified atom stereocenters. The molecule has 0 fully saturated rings. The fraction of sp³-hybridized carbons (Fsp3) is 0.455. The van der Waals surface area contributed by atoms with Crippen molar-refractivity contribution in [3.8, 4) is 0 Å². The standard InChI is InChI=1S/C11H17N3O2/c1-3-8(4-2)13-11-6-5-9(14(15)16)7-10(11)12/h5-8,13H,3-4,12H2,1-2H3. The molecule has 5 heteroatoms. The van der Waals surface area contributed by atoms with Crippen LogP contribution in [0.2, 0.25) is 0 Å². The number of hydrogen-bond acceptors (Lipinski definition) is 4. The number of benzene rings is 1. The number of anilines is 2. The van der Waals surface area contributed by atoms with Crippen molar-refractivity contribution in [2.75, 3.05) is 11.1 Å². The minimum absolute atomic E-state index is 0.0209. The average Bonchev–Trinajstić information content (AvgIpc) is 2.27. The van der Waals surface area contributed by atoms with Gasteiger partial charge in [0.2, 0.25) is 0 Å². The Morgan fingerprint density at radius 3 is 2.50 bits per heavy atom. The summed E-state index contributed by atoms with van der Waals surface area (Å²) in [6.45, 7) is 4.17. The number of nitro benzene ring substituents is 1.